The van der Waals surface area contributed by atoms with Gasteiger partial charge in [0.25, 0.3) is 0 Å². The van der Waals surface area contributed by atoms with E-state index in [0.717, 1.165) is 4.24 Å². The summed E-state index contributed by atoms with van der Waals surface area (Å²) in [5.74, 6) is 0. The van der Waals surface area contributed by atoms with Crippen molar-refractivity contribution >= 4 is 22.6 Å². The lowest BCUT2D eigenvalue weighted by Gasteiger charge is -2.14. The molecule has 0 spiro atoms. The second-order valence-electron chi connectivity index (χ2n) is 2.91. The van der Waals surface area contributed by atoms with Gasteiger partial charge < -0.3 is 15.2 Å². The van der Waals surface area contributed by atoms with E-state index >= 15 is 0 Å². The van der Waals surface area contributed by atoms with E-state index in [9.17, 15) is 4.21 Å². The molecule has 0 aliphatic rings. The Morgan fingerprint density at radius 2 is 2.00 bits per heavy atom. The number of hydrogen-bond donors (Lipinski definition) is 1. The maximum absolute atomic E-state index is 11.3. The molecule has 2 N–H and O–H groups in total. The highest BCUT2D eigenvalue weighted by atomic mass is 32.2. The van der Waals surface area contributed by atoms with Crippen LogP contribution in [0.5, 0.6) is 0 Å². The first-order chi connectivity index (χ1) is 7.06. The molecule has 0 aromatic heterocycles. The molecule has 0 aliphatic heterocycles. The molecule has 0 saturated heterocycles. The Morgan fingerprint density at radius 1 is 1.47 bits per heavy atom. The summed E-state index contributed by atoms with van der Waals surface area (Å²) in [5, 5.41) is 0. The zero-order chi connectivity index (χ0) is 11.8. The second kappa shape index (κ2) is 8.15. The van der Waals surface area contributed by atoms with E-state index in [-0.39, 0.29) is 6.29 Å². The third-order valence-electron chi connectivity index (χ3n) is 1.88. The Morgan fingerprint density at radius 3 is 2.33 bits per heavy atom. The van der Waals surface area contributed by atoms with Crippen LogP contribution in [0.25, 0.3) is 0 Å². The molecule has 0 radical (unpaired) electrons. The van der Waals surface area contributed by atoms with Crippen molar-refractivity contribution in [2.75, 3.05) is 26.7 Å². The van der Waals surface area contributed by atoms with Gasteiger partial charge in [0.2, 0.25) is 0 Å². The van der Waals surface area contributed by atoms with Crippen molar-refractivity contribution in [3.63, 3.8) is 0 Å². The first-order valence-electron chi connectivity index (χ1n) is 4.48. The summed E-state index contributed by atoms with van der Waals surface area (Å²) in [7, 11) is 2.15. The minimum Gasteiger partial charge on any atom is -0.401 e. The summed E-state index contributed by atoms with van der Waals surface area (Å²) in [6.07, 6.45) is 4.54. The Labute approximate surface area is 98.0 Å². The SMILES string of the molecule is COC(CC/C(N)=C(/SC)S(C)=O)OC. The van der Waals surface area contributed by atoms with Crippen LogP contribution in [0.15, 0.2) is 9.93 Å². The van der Waals surface area contributed by atoms with Gasteiger partial charge in [-0.15, -0.1) is 11.8 Å². The molecule has 4 nitrogen and oxygen atoms in total. The third-order valence-corrected chi connectivity index (χ3v) is 4.51. The molecule has 0 saturated carbocycles. The zero-order valence-corrected chi connectivity index (χ0v) is 11.2. The molecule has 6 heteroatoms. The summed E-state index contributed by atoms with van der Waals surface area (Å²) in [6.45, 7) is 0. The molecule has 0 aromatic rings. The fourth-order valence-corrected chi connectivity index (χ4v) is 2.91. The van der Waals surface area contributed by atoms with E-state index in [0.29, 0.717) is 18.5 Å². The first-order valence-corrected chi connectivity index (χ1v) is 7.26. The van der Waals surface area contributed by atoms with E-state index in [2.05, 4.69) is 0 Å². The molecule has 0 aromatic carbocycles. The van der Waals surface area contributed by atoms with Crippen molar-refractivity contribution in [1.29, 1.82) is 0 Å². The van der Waals surface area contributed by atoms with Gasteiger partial charge >= 0.3 is 0 Å². The number of allylic oxidation sites excluding steroid dienone is 1. The van der Waals surface area contributed by atoms with Gasteiger partial charge in [-0.2, -0.15) is 0 Å². The zero-order valence-electron chi connectivity index (χ0n) is 9.61. The first kappa shape index (κ1) is 15.0. The van der Waals surface area contributed by atoms with Crippen LogP contribution in [-0.4, -0.2) is 37.2 Å². The van der Waals surface area contributed by atoms with Crippen LogP contribution >= 0.6 is 11.8 Å². The standard InChI is InChI=1S/C9H19NO3S2/c1-12-8(13-2)6-5-7(10)9(14-3)15(4)11/h8H,5-6,10H2,1-4H3/b9-7+. The summed E-state index contributed by atoms with van der Waals surface area (Å²) in [5.41, 5.74) is 6.50. The van der Waals surface area contributed by atoms with Crippen molar-refractivity contribution in [3.8, 4) is 0 Å². The molecule has 1 unspecified atom stereocenters. The molecular formula is C9H19NO3S2. The number of nitrogens with two attached hydrogens (primary N) is 1. The Bertz CT molecular complexity index is 240. The fourth-order valence-electron chi connectivity index (χ4n) is 1.14. The number of hydrogen-bond acceptors (Lipinski definition) is 5. The number of ether oxygens (including phenoxy) is 2. The summed E-state index contributed by atoms with van der Waals surface area (Å²) >= 11 is 1.43. The lowest BCUT2D eigenvalue weighted by atomic mass is 10.2. The van der Waals surface area contributed by atoms with E-state index in [1.54, 1.807) is 20.5 Å². The van der Waals surface area contributed by atoms with Gasteiger partial charge in [-0.1, -0.05) is 0 Å². The van der Waals surface area contributed by atoms with E-state index in [1.165, 1.54) is 11.8 Å². The monoisotopic (exact) mass is 253 g/mol. The van der Waals surface area contributed by atoms with E-state index in [1.807, 2.05) is 6.26 Å². The van der Waals surface area contributed by atoms with Gasteiger partial charge in [0, 0.05) is 32.6 Å². The van der Waals surface area contributed by atoms with Gasteiger partial charge in [0.1, 0.15) is 0 Å². The Kier molecular flexibility index (Phi) is 8.13. The Balaban J connectivity index is 4.32. The highest BCUT2D eigenvalue weighted by Gasteiger charge is 2.10. The van der Waals surface area contributed by atoms with Gasteiger partial charge in [-0.05, 0) is 12.7 Å². The van der Waals surface area contributed by atoms with Crippen LogP contribution < -0.4 is 5.73 Å². The average Bonchev–Trinajstić information content (AvgIpc) is 2.19. The van der Waals surface area contributed by atoms with Gasteiger partial charge in [0.05, 0.1) is 15.0 Å². The molecule has 0 rings (SSSR count). The van der Waals surface area contributed by atoms with Crippen LogP contribution in [0.2, 0.25) is 0 Å². The van der Waals surface area contributed by atoms with Gasteiger partial charge in [-0.3, -0.25) is 4.21 Å². The van der Waals surface area contributed by atoms with Gasteiger partial charge in [-0.25, -0.2) is 0 Å². The van der Waals surface area contributed by atoms with Crippen molar-refractivity contribution < 1.29 is 13.7 Å². The minimum absolute atomic E-state index is 0.253. The highest BCUT2D eigenvalue weighted by Crippen LogP contribution is 2.20. The van der Waals surface area contributed by atoms with Crippen LogP contribution in [0, 0.1) is 0 Å². The normalized spacial score (nSPS) is 15.3. The molecule has 0 aliphatic carbocycles. The number of methoxy groups -OCH3 is 2. The Hall–Kier alpha value is -0.0400. The summed E-state index contributed by atoms with van der Waals surface area (Å²) in [4.78, 5) is 0. The predicted octanol–water partition coefficient (Wildman–Crippen LogP) is 1.25. The molecule has 1 atom stereocenters. The second-order valence-corrected chi connectivity index (χ2v) is 5.30. The molecular weight excluding hydrogens is 234 g/mol. The van der Waals surface area contributed by atoms with Crippen molar-refractivity contribution in [2.24, 2.45) is 5.73 Å². The van der Waals surface area contributed by atoms with Crippen molar-refractivity contribution in [2.45, 2.75) is 19.1 Å². The van der Waals surface area contributed by atoms with Crippen LogP contribution in [0.3, 0.4) is 0 Å². The van der Waals surface area contributed by atoms with E-state index < -0.39 is 10.8 Å². The number of thioether (sulfide) groups is 1. The topological polar surface area (TPSA) is 61.5 Å². The molecule has 0 heterocycles. The predicted molar refractivity (Wildman–Crippen MR) is 65.8 cm³/mol. The largest absolute Gasteiger partial charge is 0.401 e. The maximum atomic E-state index is 11.3. The van der Waals surface area contributed by atoms with Crippen molar-refractivity contribution in [1.82, 2.24) is 0 Å². The molecule has 0 bridgehead atoms. The van der Waals surface area contributed by atoms with Crippen LogP contribution in [0.4, 0.5) is 0 Å². The third kappa shape index (κ3) is 5.55. The van der Waals surface area contributed by atoms with Crippen LogP contribution in [-0.2, 0) is 20.3 Å². The molecule has 0 amide bonds. The molecule has 15 heavy (non-hydrogen) atoms. The smallest absolute Gasteiger partial charge is 0.157 e. The summed E-state index contributed by atoms with van der Waals surface area (Å²) < 4.78 is 22.1. The highest BCUT2D eigenvalue weighted by molar-refractivity contribution is 8.15. The molecule has 90 valence electrons. The molecule has 0 fully saturated rings. The number of rotatable bonds is 7. The van der Waals surface area contributed by atoms with Crippen LogP contribution in [0.1, 0.15) is 12.8 Å². The minimum atomic E-state index is -1.02. The lowest BCUT2D eigenvalue weighted by molar-refractivity contribution is -0.105. The maximum Gasteiger partial charge on any atom is 0.157 e. The van der Waals surface area contributed by atoms with Gasteiger partial charge in [0.15, 0.2) is 6.29 Å². The quantitative estimate of drug-likeness (QED) is 0.692. The fraction of sp³-hybridized carbons (Fsp3) is 0.778. The lowest BCUT2D eigenvalue weighted by Crippen LogP contribution is -2.15. The van der Waals surface area contributed by atoms with Crippen molar-refractivity contribution in [3.05, 3.63) is 9.93 Å². The van der Waals surface area contributed by atoms with E-state index in [4.69, 9.17) is 15.2 Å². The summed E-state index contributed by atoms with van der Waals surface area (Å²) in [6, 6.07) is 0. The average molecular weight is 253 g/mol.